The van der Waals surface area contributed by atoms with E-state index in [1.165, 1.54) is 11.4 Å². The predicted molar refractivity (Wildman–Crippen MR) is 127 cm³/mol. The molecular formula is C20H36IN7. The van der Waals surface area contributed by atoms with Crippen LogP contribution in [-0.2, 0) is 13.1 Å². The maximum atomic E-state index is 4.74. The van der Waals surface area contributed by atoms with Crippen LogP contribution < -0.4 is 10.6 Å². The Hall–Kier alpha value is -1.58. The molecule has 0 bridgehead atoms. The normalized spacial score (nSPS) is 12.6. The summed E-state index contributed by atoms with van der Waals surface area (Å²) < 4.78 is 4.14. The third kappa shape index (κ3) is 7.81. The lowest BCUT2D eigenvalue weighted by atomic mass is 10.2. The van der Waals surface area contributed by atoms with Gasteiger partial charge in [0.15, 0.2) is 5.96 Å². The van der Waals surface area contributed by atoms with Crippen LogP contribution >= 0.6 is 24.0 Å². The second-order valence-electron chi connectivity index (χ2n) is 7.36. The quantitative estimate of drug-likeness (QED) is 0.240. The fraction of sp³-hybridized carbons (Fsp3) is 0.650. The van der Waals surface area contributed by atoms with Crippen LogP contribution in [-0.4, -0.2) is 45.2 Å². The van der Waals surface area contributed by atoms with E-state index in [-0.39, 0.29) is 24.0 Å². The number of rotatable bonds is 9. The van der Waals surface area contributed by atoms with Crippen LogP contribution in [0.3, 0.4) is 0 Å². The number of aromatic nitrogens is 4. The van der Waals surface area contributed by atoms with E-state index in [0.29, 0.717) is 5.92 Å². The van der Waals surface area contributed by atoms with Crippen molar-refractivity contribution in [3.05, 3.63) is 34.9 Å². The Morgan fingerprint density at radius 1 is 1.04 bits per heavy atom. The summed E-state index contributed by atoms with van der Waals surface area (Å²) in [4.78, 5) is 4.74. The Balaban J connectivity index is 0.00000392. The lowest BCUT2D eigenvalue weighted by molar-refractivity contribution is 0.449. The minimum Gasteiger partial charge on any atom is -0.357 e. The van der Waals surface area contributed by atoms with Gasteiger partial charge in [-0.15, -0.1) is 24.0 Å². The number of nitrogens with zero attached hydrogens (tertiary/aromatic N) is 5. The molecule has 2 rings (SSSR count). The molecule has 28 heavy (non-hydrogen) atoms. The highest BCUT2D eigenvalue weighted by molar-refractivity contribution is 14.0. The summed E-state index contributed by atoms with van der Waals surface area (Å²) in [5, 5.41) is 15.8. The average molecular weight is 501 g/mol. The second-order valence-corrected chi connectivity index (χ2v) is 7.36. The molecule has 1 atom stereocenters. The highest BCUT2D eigenvalue weighted by atomic mass is 127. The van der Waals surface area contributed by atoms with Crippen LogP contribution in [0.25, 0.3) is 0 Å². The Bertz CT molecular complexity index is 748. The van der Waals surface area contributed by atoms with Crippen LogP contribution in [0.5, 0.6) is 0 Å². The molecule has 0 aliphatic rings. The summed E-state index contributed by atoms with van der Waals surface area (Å²) in [7, 11) is 0. The average Bonchev–Trinajstić information content (AvgIpc) is 3.09. The maximum absolute atomic E-state index is 4.74. The summed E-state index contributed by atoms with van der Waals surface area (Å²) in [6.45, 7) is 16.9. The topological polar surface area (TPSA) is 72.1 Å². The van der Waals surface area contributed by atoms with Crippen molar-refractivity contribution in [2.45, 2.75) is 61.1 Å². The van der Waals surface area contributed by atoms with E-state index >= 15 is 0 Å². The van der Waals surface area contributed by atoms with Gasteiger partial charge in [0, 0.05) is 44.1 Å². The lowest BCUT2D eigenvalue weighted by Gasteiger charge is -2.14. The van der Waals surface area contributed by atoms with Crippen LogP contribution in [0.4, 0.5) is 0 Å². The molecule has 0 saturated heterocycles. The van der Waals surface area contributed by atoms with Gasteiger partial charge in [0.25, 0.3) is 0 Å². The zero-order valence-corrected chi connectivity index (χ0v) is 20.4. The van der Waals surface area contributed by atoms with Crippen molar-refractivity contribution in [2.75, 3.05) is 19.6 Å². The van der Waals surface area contributed by atoms with Crippen molar-refractivity contribution in [3.63, 3.8) is 0 Å². The van der Waals surface area contributed by atoms with E-state index in [1.807, 2.05) is 13.8 Å². The maximum Gasteiger partial charge on any atom is 0.191 e. The number of guanidine groups is 1. The van der Waals surface area contributed by atoms with Crippen molar-refractivity contribution in [1.29, 1.82) is 0 Å². The Morgan fingerprint density at radius 3 is 2.18 bits per heavy atom. The fourth-order valence-corrected chi connectivity index (χ4v) is 3.14. The fourth-order valence-electron chi connectivity index (χ4n) is 3.14. The first kappa shape index (κ1) is 24.5. The number of hydrogen-bond acceptors (Lipinski definition) is 3. The van der Waals surface area contributed by atoms with Crippen molar-refractivity contribution in [2.24, 2.45) is 10.9 Å². The number of hydrogen-bond donors (Lipinski definition) is 2. The number of aryl methyl sites for hydroxylation is 5. The summed E-state index contributed by atoms with van der Waals surface area (Å²) in [6.07, 6.45) is 1.01. The van der Waals surface area contributed by atoms with Gasteiger partial charge in [-0.05, 0) is 59.1 Å². The standard InChI is InChI=1S/C20H35N7.HI/c1-7-21-20(22-9-8-10-26-18(5)11-16(3)24-26)23-13-15(2)14-27-19(6)12-17(4)25-27;/h11-12,15H,7-10,13-14H2,1-6H3,(H2,21,22,23);1H. The third-order valence-corrected chi connectivity index (χ3v) is 4.44. The molecule has 0 aliphatic heterocycles. The molecule has 2 aromatic rings. The van der Waals surface area contributed by atoms with E-state index < -0.39 is 0 Å². The number of nitrogens with one attached hydrogen (secondary N) is 2. The third-order valence-electron chi connectivity index (χ3n) is 4.44. The number of aliphatic imine (C=N–C) groups is 1. The predicted octanol–water partition coefficient (Wildman–Crippen LogP) is 3.21. The van der Waals surface area contributed by atoms with Gasteiger partial charge in [0.2, 0.25) is 0 Å². The van der Waals surface area contributed by atoms with Gasteiger partial charge in [0.1, 0.15) is 0 Å². The van der Waals surface area contributed by atoms with Gasteiger partial charge < -0.3 is 10.6 Å². The van der Waals surface area contributed by atoms with Crippen molar-refractivity contribution < 1.29 is 0 Å². The largest absolute Gasteiger partial charge is 0.357 e. The first-order chi connectivity index (χ1) is 12.9. The highest BCUT2D eigenvalue weighted by Gasteiger charge is 2.07. The Kier molecular flexibility index (Phi) is 10.6. The molecule has 0 amide bonds. The van der Waals surface area contributed by atoms with Gasteiger partial charge in [-0.3, -0.25) is 14.4 Å². The molecule has 0 saturated carbocycles. The van der Waals surface area contributed by atoms with Crippen molar-refractivity contribution >= 4 is 29.9 Å². The summed E-state index contributed by atoms with van der Waals surface area (Å²) in [5.74, 6) is 1.30. The molecule has 0 aromatic carbocycles. The van der Waals surface area contributed by atoms with E-state index in [9.17, 15) is 0 Å². The van der Waals surface area contributed by atoms with Crippen molar-refractivity contribution in [1.82, 2.24) is 30.2 Å². The van der Waals surface area contributed by atoms with Gasteiger partial charge >= 0.3 is 0 Å². The molecule has 2 aromatic heterocycles. The van der Waals surface area contributed by atoms with Gasteiger partial charge in [-0.1, -0.05) is 6.92 Å². The molecule has 8 heteroatoms. The zero-order chi connectivity index (χ0) is 19.8. The summed E-state index contributed by atoms with van der Waals surface area (Å²) >= 11 is 0. The second kappa shape index (κ2) is 12.1. The minimum atomic E-state index is 0. The van der Waals surface area contributed by atoms with Crippen molar-refractivity contribution in [3.8, 4) is 0 Å². The van der Waals surface area contributed by atoms with Gasteiger partial charge in [-0.2, -0.15) is 10.2 Å². The molecule has 2 N–H and O–H groups in total. The van der Waals surface area contributed by atoms with E-state index in [4.69, 9.17) is 4.99 Å². The van der Waals surface area contributed by atoms with Crippen LogP contribution in [0.2, 0.25) is 0 Å². The smallest absolute Gasteiger partial charge is 0.191 e. The van der Waals surface area contributed by atoms with Gasteiger partial charge in [-0.25, -0.2) is 0 Å². The first-order valence-corrected chi connectivity index (χ1v) is 9.93. The molecule has 0 spiro atoms. The summed E-state index contributed by atoms with van der Waals surface area (Å²) in [6, 6.07) is 4.23. The van der Waals surface area contributed by atoms with Crippen LogP contribution in [0.1, 0.15) is 43.0 Å². The molecule has 0 fully saturated rings. The van der Waals surface area contributed by atoms with Crippen LogP contribution in [0.15, 0.2) is 17.1 Å². The molecule has 0 aliphatic carbocycles. The number of halogens is 1. The monoisotopic (exact) mass is 501 g/mol. The SMILES string of the molecule is CCNC(=NCC(C)Cn1nc(C)cc1C)NCCCn1nc(C)cc1C.I. The molecule has 0 radical (unpaired) electrons. The zero-order valence-electron chi connectivity index (χ0n) is 18.1. The Morgan fingerprint density at radius 2 is 1.64 bits per heavy atom. The van der Waals surface area contributed by atoms with Crippen LogP contribution in [0, 0.1) is 33.6 Å². The minimum absolute atomic E-state index is 0. The van der Waals surface area contributed by atoms with E-state index in [1.54, 1.807) is 0 Å². The molecular weight excluding hydrogens is 465 g/mol. The molecule has 2 heterocycles. The first-order valence-electron chi connectivity index (χ1n) is 9.93. The van der Waals surface area contributed by atoms with Gasteiger partial charge in [0.05, 0.1) is 11.4 Å². The lowest BCUT2D eigenvalue weighted by Crippen LogP contribution is -2.38. The van der Waals surface area contributed by atoms with E-state index in [2.05, 4.69) is 70.0 Å². The molecule has 7 nitrogen and oxygen atoms in total. The highest BCUT2D eigenvalue weighted by Crippen LogP contribution is 2.07. The summed E-state index contributed by atoms with van der Waals surface area (Å²) in [5.41, 5.74) is 4.57. The Labute approximate surface area is 186 Å². The molecule has 1 unspecified atom stereocenters. The van der Waals surface area contributed by atoms with E-state index in [0.717, 1.165) is 56.5 Å². The molecule has 158 valence electrons.